The highest BCUT2D eigenvalue weighted by Crippen LogP contribution is 2.26. The summed E-state index contributed by atoms with van der Waals surface area (Å²) in [6.45, 7) is 4.19. The van der Waals surface area contributed by atoms with Gasteiger partial charge in [-0.25, -0.2) is 9.97 Å². The molecular formula is C25H25N5S. The van der Waals surface area contributed by atoms with E-state index in [2.05, 4.69) is 42.4 Å². The first-order valence-corrected chi connectivity index (χ1v) is 11.7. The predicted molar refractivity (Wildman–Crippen MR) is 125 cm³/mol. The van der Waals surface area contributed by atoms with E-state index in [1.54, 1.807) is 11.8 Å². The normalized spacial score (nSPS) is 11.0. The van der Waals surface area contributed by atoms with Gasteiger partial charge >= 0.3 is 0 Å². The number of hydrogen-bond donors (Lipinski definition) is 0. The molecule has 0 bridgehead atoms. The molecule has 6 heteroatoms. The van der Waals surface area contributed by atoms with E-state index >= 15 is 0 Å². The van der Waals surface area contributed by atoms with Crippen LogP contribution in [0, 0.1) is 18.3 Å². The fourth-order valence-electron chi connectivity index (χ4n) is 3.81. The molecule has 0 saturated heterocycles. The minimum atomic E-state index is 0.689. The van der Waals surface area contributed by atoms with Gasteiger partial charge in [0.05, 0.1) is 11.6 Å². The maximum Gasteiger partial charge on any atom is 0.209 e. The molecule has 0 radical (unpaired) electrons. The summed E-state index contributed by atoms with van der Waals surface area (Å²) in [4.78, 5) is 9.67. The van der Waals surface area contributed by atoms with Crippen LogP contribution in [-0.4, -0.2) is 25.8 Å². The number of benzene rings is 2. The Hall–Kier alpha value is -3.17. The van der Waals surface area contributed by atoms with E-state index < -0.39 is 0 Å². The molecule has 4 aromatic rings. The van der Waals surface area contributed by atoms with Gasteiger partial charge in [-0.1, -0.05) is 67.6 Å². The number of aryl methyl sites for hydroxylation is 2. The monoisotopic (exact) mass is 427 g/mol. The summed E-state index contributed by atoms with van der Waals surface area (Å²) in [6, 6.07) is 18.4. The number of nitriles is 1. The van der Waals surface area contributed by atoms with Crippen LogP contribution in [0.25, 0.3) is 16.8 Å². The number of unbranched alkanes of at least 4 members (excludes halogenated alkanes) is 1. The maximum atomic E-state index is 9.40. The standard InChI is InChI=1S/C25H25N5S/c1-4-5-10-23-22(24-28-25(31-3)29-30(24)17(2)27-23)15-18-11-13-19(14-12-18)21-9-7-6-8-20(21)16-26/h6-9,11-14H,4-5,10,15H2,1-3H3. The molecule has 0 saturated carbocycles. The lowest BCUT2D eigenvalue weighted by Crippen LogP contribution is -2.08. The molecule has 0 fully saturated rings. The Balaban J connectivity index is 1.73. The summed E-state index contributed by atoms with van der Waals surface area (Å²) in [5, 5.41) is 14.8. The lowest BCUT2D eigenvalue weighted by atomic mass is 9.96. The van der Waals surface area contributed by atoms with Gasteiger partial charge in [-0.3, -0.25) is 0 Å². The van der Waals surface area contributed by atoms with Crippen LogP contribution < -0.4 is 0 Å². The van der Waals surface area contributed by atoms with E-state index in [-0.39, 0.29) is 0 Å². The molecule has 31 heavy (non-hydrogen) atoms. The lowest BCUT2D eigenvalue weighted by molar-refractivity contribution is 0.740. The number of hydrogen-bond acceptors (Lipinski definition) is 5. The maximum absolute atomic E-state index is 9.40. The van der Waals surface area contributed by atoms with Gasteiger partial charge in [0.15, 0.2) is 5.65 Å². The summed E-state index contributed by atoms with van der Waals surface area (Å²) in [5.41, 5.74) is 7.06. The summed E-state index contributed by atoms with van der Waals surface area (Å²) >= 11 is 1.55. The van der Waals surface area contributed by atoms with Gasteiger partial charge < -0.3 is 0 Å². The molecule has 0 aliphatic rings. The van der Waals surface area contributed by atoms with Crippen molar-refractivity contribution >= 4 is 17.4 Å². The molecule has 0 aliphatic carbocycles. The van der Waals surface area contributed by atoms with Crippen LogP contribution in [0.3, 0.4) is 0 Å². The smallest absolute Gasteiger partial charge is 0.209 e. The van der Waals surface area contributed by atoms with Crippen molar-refractivity contribution < 1.29 is 0 Å². The molecule has 0 atom stereocenters. The summed E-state index contributed by atoms with van der Waals surface area (Å²) in [7, 11) is 0. The molecule has 0 amide bonds. The van der Waals surface area contributed by atoms with Crippen molar-refractivity contribution in [2.45, 2.75) is 44.7 Å². The van der Waals surface area contributed by atoms with Gasteiger partial charge in [-0.15, -0.1) is 5.10 Å². The van der Waals surface area contributed by atoms with Gasteiger partial charge in [0.25, 0.3) is 0 Å². The number of rotatable bonds is 7. The third-order valence-electron chi connectivity index (χ3n) is 5.45. The average Bonchev–Trinajstić information content (AvgIpc) is 3.25. The zero-order valence-corrected chi connectivity index (χ0v) is 18.9. The van der Waals surface area contributed by atoms with Crippen LogP contribution in [-0.2, 0) is 12.8 Å². The first-order valence-electron chi connectivity index (χ1n) is 10.5. The molecule has 2 heterocycles. The molecule has 0 unspecified atom stereocenters. The van der Waals surface area contributed by atoms with Crippen LogP contribution >= 0.6 is 11.8 Å². The van der Waals surface area contributed by atoms with E-state index in [1.165, 1.54) is 5.56 Å². The van der Waals surface area contributed by atoms with Crippen molar-refractivity contribution in [2.24, 2.45) is 0 Å². The van der Waals surface area contributed by atoms with E-state index in [4.69, 9.17) is 9.97 Å². The van der Waals surface area contributed by atoms with E-state index in [0.717, 1.165) is 64.7 Å². The Bertz CT molecular complexity index is 1250. The van der Waals surface area contributed by atoms with Gasteiger partial charge in [0.1, 0.15) is 5.82 Å². The summed E-state index contributed by atoms with van der Waals surface area (Å²) in [6.07, 6.45) is 5.91. The predicted octanol–water partition coefficient (Wildman–Crippen LogP) is 5.63. The first kappa shape index (κ1) is 21.1. The van der Waals surface area contributed by atoms with Crippen molar-refractivity contribution in [1.29, 1.82) is 5.26 Å². The van der Waals surface area contributed by atoms with Gasteiger partial charge in [0, 0.05) is 17.7 Å². The summed E-state index contributed by atoms with van der Waals surface area (Å²) < 4.78 is 1.87. The second-order valence-electron chi connectivity index (χ2n) is 7.55. The molecule has 156 valence electrons. The van der Waals surface area contributed by atoms with Crippen molar-refractivity contribution in [3.8, 4) is 17.2 Å². The Morgan fingerprint density at radius 2 is 1.84 bits per heavy atom. The quantitative estimate of drug-likeness (QED) is 0.358. The minimum Gasteiger partial charge on any atom is -0.238 e. The summed E-state index contributed by atoms with van der Waals surface area (Å²) in [5.74, 6) is 0.876. The molecular weight excluding hydrogens is 402 g/mol. The fraction of sp³-hybridized carbons (Fsp3) is 0.280. The fourth-order valence-corrected chi connectivity index (χ4v) is 4.15. The molecule has 2 aromatic carbocycles. The van der Waals surface area contributed by atoms with Gasteiger partial charge in [0.2, 0.25) is 5.16 Å². The van der Waals surface area contributed by atoms with Crippen molar-refractivity contribution in [3.63, 3.8) is 0 Å². The highest BCUT2D eigenvalue weighted by atomic mass is 32.2. The van der Waals surface area contributed by atoms with Crippen LogP contribution in [0.2, 0.25) is 0 Å². The zero-order chi connectivity index (χ0) is 21.8. The molecule has 0 N–H and O–H groups in total. The van der Waals surface area contributed by atoms with E-state index in [1.807, 2.05) is 42.0 Å². The highest BCUT2D eigenvalue weighted by molar-refractivity contribution is 7.98. The van der Waals surface area contributed by atoms with E-state index in [9.17, 15) is 5.26 Å². The Labute approximate surface area is 187 Å². The Morgan fingerprint density at radius 3 is 2.55 bits per heavy atom. The molecule has 0 aliphatic heterocycles. The Kier molecular flexibility index (Phi) is 6.34. The zero-order valence-electron chi connectivity index (χ0n) is 18.1. The topological polar surface area (TPSA) is 66.9 Å². The van der Waals surface area contributed by atoms with Crippen LogP contribution in [0.15, 0.2) is 53.7 Å². The average molecular weight is 428 g/mol. The largest absolute Gasteiger partial charge is 0.238 e. The molecule has 0 spiro atoms. The number of fused-ring (bicyclic) bond motifs is 1. The lowest BCUT2D eigenvalue weighted by Gasteiger charge is -2.12. The van der Waals surface area contributed by atoms with Crippen molar-refractivity contribution in [2.75, 3.05) is 6.26 Å². The number of nitrogens with zero attached hydrogens (tertiary/aromatic N) is 5. The van der Waals surface area contributed by atoms with Crippen molar-refractivity contribution in [1.82, 2.24) is 19.6 Å². The Morgan fingerprint density at radius 1 is 1.06 bits per heavy atom. The van der Waals surface area contributed by atoms with Crippen molar-refractivity contribution in [3.05, 3.63) is 76.7 Å². The molecule has 2 aromatic heterocycles. The second kappa shape index (κ2) is 9.32. The minimum absolute atomic E-state index is 0.689. The van der Waals surface area contributed by atoms with Crippen LogP contribution in [0.5, 0.6) is 0 Å². The highest BCUT2D eigenvalue weighted by Gasteiger charge is 2.17. The van der Waals surface area contributed by atoms with Gasteiger partial charge in [-0.05, 0) is 48.8 Å². The molecule has 4 rings (SSSR count). The third-order valence-corrected chi connectivity index (χ3v) is 5.99. The van der Waals surface area contributed by atoms with Crippen LogP contribution in [0.1, 0.15) is 48.0 Å². The van der Waals surface area contributed by atoms with E-state index in [0.29, 0.717) is 5.56 Å². The number of aromatic nitrogens is 4. The third kappa shape index (κ3) is 4.33. The SMILES string of the molecule is CCCCc1nc(C)n2nc(SC)nc2c1Cc1ccc(-c2ccccc2C#N)cc1. The molecule has 5 nitrogen and oxygen atoms in total. The van der Waals surface area contributed by atoms with Crippen LogP contribution in [0.4, 0.5) is 0 Å². The second-order valence-corrected chi connectivity index (χ2v) is 8.33. The van der Waals surface area contributed by atoms with Gasteiger partial charge in [-0.2, -0.15) is 9.78 Å². The number of thioether (sulfide) groups is 1. The first-order chi connectivity index (χ1) is 15.1.